The van der Waals surface area contributed by atoms with Crippen molar-refractivity contribution < 1.29 is 23.5 Å². The highest BCUT2D eigenvalue weighted by Gasteiger charge is 2.22. The average Bonchev–Trinajstić information content (AvgIpc) is 3.01. The van der Waals surface area contributed by atoms with E-state index in [4.69, 9.17) is 13.9 Å². The molecule has 0 aliphatic carbocycles. The first kappa shape index (κ1) is 20.3. The summed E-state index contributed by atoms with van der Waals surface area (Å²) in [6.45, 7) is 6.82. The number of hydrogen-bond acceptors (Lipinski definition) is 6. The number of hydrogen-bond donors (Lipinski definition) is 1. The second kappa shape index (κ2) is 9.61. The summed E-state index contributed by atoms with van der Waals surface area (Å²) in [5, 5.41) is 0.998. The van der Waals surface area contributed by atoms with Crippen LogP contribution in [0.4, 0.5) is 9.59 Å². The summed E-state index contributed by atoms with van der Waals surface area (Å²) in [5.41, 5.74) is 3.43. The zero-order chi connectivity index (χ0) is 19.8. The molecule has 0 atom stereocenters. The summed E-state index contributed by atoms with van der Waals surface area (Å²) in [7, 11) is 0. The lowest BCUT2D eigenvalue weighted by Gasteiger charge is -2.23. The summed E-state index contributed by atoms with van der Waals surface area (Å²) >= 11 is 0. The lowest BCUT2D eigenvalue weighted by atomic mass is 10.2. The molecule has 27 heavy (non-hydrogen) atoms. The Bertz CT molecular complexity index is 743. The van der Waals surface area contributed by atoms with Gasteiger partial charge in [0.1, 0.15) is 12.3 Å². The zero-order valence-electron chi connectivity index (χ0n) is 16.0. The first-order chi connectivity index (χ1) is 12.8. The molecule has 0 fully saturated rings. The van der Waals surface area contributed by atoms with Crippen LogP contribution in [0.15, 0.2) is 40.9 Å². The van der Waals surface area contributed by atoms with E-state index in [0.717, 1.165) is 10.6 Å². The molecule has 0 aliphatic heterocycles. The van der Waals surface area contributed by atoms with E-state index in [1.54, 1.807) is 27.7 Å². The van der Waals surface area contributed by atoms with Gasteiger partial charge in [-0.1, -0.05) is 30.3 Å². The number of rotatable bonds is 6. The molecule has 1 aromatic carbocycles. The molecule has 1 aromatic heterocycles. The maximum Gasteiger partial charge on any atom is 0.429 e. The van der Waals surface area contributed by atoms with Crippen LogP contribution in [0.25, 0.3) is 0 Å². The number of nitrogens with zero attached hydrogens (tertiary/aromatic N) is 2. The number of benzene rings is 1. The van der Waals surface area contributed by atoms with Crippen LogP contribution >= 0.6 is 0 Å². The number of carbonyl (C=O) groups excluding carboxylic acids is 2. The summed E-state index contributed by atoms with van der Waals surface area (Å²) < 4.78 is 15.8. The van der Waals surface area contributed by atoms with Crippen LogP contribution in [0.2, 0.25) is 0 Å². The van der Waals surface area contributed by atoms with Crippen molar-refractivity contribution in [2.24, 2.45) is 0 Å². The quantitative estimate of drug-likeness (QED) is 0.775. The van der Waals surface area contributed by atoms with E-state index >= 15 is 0 Å². The third-order valence-corrected chi connectivity index (χ3v) is 3.24. The van der Waals surface area contributed by atoms with Gasteiger partial charge in [0.05, 0.1) is 18.4 Å². The molecule has 1 heterocycles. The molecule has 0 radical (unpaired) electrons. The number of ether oxygens (including phenoxy) is 2. The first-order valence-corrected chi connectivity index (χ1v) is 8.76. The van der Waals surface area contributed by atoms with Gasteiger partial charge in [-0.05, 0) is 33.3 Å². The Kier molecular flexibility index (Phi) is 7.22. The van der Waals surface area contributed by atoms with E-state index in [0.29, 0.717) is 18.1 Å². The molecule has 0 unspecified atom stereocenters. The van der Waals surface area contributed by atoms with Crippen LogP contribution in [0.3, 0.4) is 0 Å². The van der Waals surface area contributed by atoms with Crippen molar-refractivity contribution in [3.8, 4) is 0 Å². The number of aromatic nitrogens is 1. The van der Waals surface area contributed by atoms with Gasteiger partial charge in [0.15, 0.2) is 5.89 Å². The number of carbonyl (C=O) groups is 2. The molecule has 0 aliphatic rings. The van der Waals surface area contributed by atoms with Crippen molar-refractivity contribution in [1.29, 1.82) is 0 Å². The van der Waals surface area contributed by atoms with E-state index in [9.17, 15) is 9.59 Å². The van der Waals surface area contributed by atoms with Crippen LogP contribution < -0.4 is 5.43 Å². The first-order valence-electron chi connectivity index (χ1n) is 8.76. The highest BCUT2D eigenvalue weighted by atomic mass is 16.6. The van der Waals surface area contributed by atoms with Gasteiger partial charge in [0.25, 0.3) is 0 Å². The monoisotopic (exact) mass is 375 g/mol. The minimum Gasteiger partial charge on any atom is -0.446 e. The Morgan fingerprint density at radius 2 is 1.78 bits per heavy atom. The van der Waals surface area contributed by atoms with Crippen molar-refractivity contribution in [2.45, 2.75) is 52.9 Å². The molecule has 8 heteroatoms. The average molecular weight is 375 g/mol. The summed E-state index contributed by atoms with van der Waals surface area (Å²) in [6, 6.07) is 9.75. The van der Waals surface area contributed by atoms with Crippen LogP contribution in [0.1, 0.15) is 44.9 Å². The maximum atomic E-state index is 12.2. The lowest BCUT2D eigenvalue weighted by Crippen LogP contribution is -2.47. The van der Waals surface area contributed by atoms with Gasteiger partial charge < -0.3 is 13.9 Å². The Labute approximate surface area is 158 Å². The predicted octanol–water partition coefficient (Wildman–Crippen LogP) is 3.66. The van der Waals surface area contributed by atoms with Crippen molar-refractivity contribution in [3.05, 3.63) is 53.7 Å². The minimum atomic E-state index is -0.755. The standard InChI is InChI=1S/C19H25N3O5/c1-13(2)25-18(23)21-22(19(24)26-14(3)4)12-16-11-20-17(27-16)10-15-8-6-5-7-9-15/h5-9,11,13-14H,10,12H2,1-4H3,(H,21,23). The van der Waals surface area contributed by atoms with Gasteiger partial charge in [0.2, 0.25) is 0 Å². The predicted molar refractivity (Wildman–Crippen MR) is 97.7 cm³/mol. The molecular formula is C19H25N3O5. The highest BCUT2D eigenvalue weighted by Crippen LogP contribution is 2.12. The normalized spacial score (nSPS) is 10.7. The van der Waals surface area contributed by atoms with Gasteiger partial charge in [-0.25, -0.2) is 25.0 Å². The maximum absolute atomic E-state index is 12.2. The second-order valence-electron chi connectivity index (χ2n) is 6.47. The lowest BCUT2D eigenvalue weighted by molar-refractivity contribution is 0.0421. The fraction of sp³-hybridized carbons (Fsp3) is 0.421. The van der Waals surface area contributed by atoms with Gasteiger partial charge in [-0.15, -0.1) is 0 Å². The van der Waals surface area contributed by atoms with Gasteiger partial charge in [-0.2, -0.15) is 0 Å². The molecule has 8 nitrogen and oxygen atoms in total. The zero-order valence-corrected chi connectivity index (χ0v) is 16.0. The Morgan fingerprint density at radius 3 is 2.41 bits per heavy atom. The molecule has 2 amide bonds. The summed E-state index contributed by atoms with van der Waals surface area (Å²) in [4.78, 5) is 28.3. The SMILES string of the molecule is CC(C)OC(=O)NN(Cc1cnc(Cc2ccccc2)o1)C(=O)OC(C)C. The largest absolute Gasteiger partial charge is 0.446 e. The molecule has 0 saturated heterocycles. The number of oxazole rings is 1. The van der Waals surface area contributed by atoms with Gasteiger partial charge >= 0.3 is 12.2 Å². The van der Waals surface area contributed by atoms with E-state index in [1.807, 2.05) is 30.3 Å². The Morgan fingerprint density at radius 1 is 1.11 bits per heavy atom. The van der Waals surface area contributed by atoms with Crippen LogP contribution in [-0.4, -0.2) is 34.4 Å². The van der Waals surface area contributed by atoms with E-state index in [-0.39, 0.29) is 18.8 Å². The molecule has 146 valence electrons. The van der Waals surface area contributed by atoms with Crippen LogP contribution in [0, 0.1) is 0 Å². The third-order valence-electron chi connectivity index (χ3n) is 3.24. The molecular weight excluding hydrogens is 350 g/mol. The molecule has 2 aromatic rings. The molecule has 2 rings (SSSR count). The van der Waals surface area contributed by atoms with Crippen molar-refractivity contribution in [3.63, 3.8) is 0 Å². The minimum absolute atomic E-state index is 0.0411. The smallest absolute Gasteiger partial charge is 0.429 e. The van der Waals surface area contributed by atoms with Crippen molar-refractivity contribution in [1.82, 2.24) is 15.4 Å². The van der Waals surface area contributed by atoms with Gasteiger partial charge in [0, 0.05) is 6.42 Å². The number of amides is 2. The van der Waals surface area contributed by atoms with Crippen molar-refractivity contribution >= 4 is 12.2 Å². The topological polar surface area (TPSA) is 93.9 Å². The molecule has 0 bridgehead atoms. The summed E-state index contributed by atoms with van der Waals surface area (Å²) in [6.07, 6.45) is -0.0906. The molecule has 1 N–H and O–H groups in total. The number of hydrazine groups is 1. The van der Waals surface area contributed by atoms with Crippen LogP contribution in [-0.2, 0) is 22.4 Å². The molecule has 0 spiro atoms. The van der Waals surface area contributed by atoms with E-state index in [1.165, 1.54) is 6.20 Å². The summed E-state index contributed by atoms with van der Waals surface area (Å²) in [5.74, 6) is 0.921. The van der Waals surface area contributed by atoms with Crippen molar-refractivity contribution in [2.75, 3.05) is 0 Å². The van der Waals surface area contributed by atoms with Crippen LogP contribution in [0.5, 0.6) is 0 Å². The fourth-order valence-corrected chi connectivity index (χ4v) is 2.19. The fourth-order valence-electron chi connectivity index (χ4n) is 2.19. The highest BCUT2D eigenvalue weighted by molar-refractivity contribution is 5.74. The third kappa shape index (κ3) is 7.01. The Hall–Kier alpha value is -3.03. The second-order valence-corrected chi connectivity index (χ2v) is 6.47. The van der Waals surface area contributed by atoms with Gasteiger partial charge in [-0.3, -0.25) is 0 Å². The Balaban J connectivity index is 2.05. The van der Waals surface area contributed by atoms with E-state index in [2.05, 4.69) is 10.4 Å². The number of nitrogens with one attached hydrogen (secondary N) is 1. The van der Waals surface area contributed by atoms with E-state index < -0.39 is 12.2 Å². The molecule has 0 saturated carbocycles.